The van der Waals surface area contributed by atoms with Crippen molar-refractivity contribution in [2.75, 3.05) is 0 Å². The van der Waals surface area contributed by atoms with E-state index in [1.165, 1.54) is 22.3 Å². The third-order valence-electron chi connectivity index (χ3n) is 3.33. The minimum absolute atomic E-state index is 0.860. The van der Waals surface area contributed by atoms with E-state index in [1.54, 1.807) is 0 Å². The van der Waals surface area contributed by atoms with Gasteiger partial charge in [-0.1, -0.05) is 13.0 Å². The van der Waals surface area contributed by atoms with Gasteiger partial charge < -0.3 is 0 Å². The highest BCUT2D eigenvalue weighted by Crippen LogP contribution is 2.26. The van der Waals surface area contributed by atoms with E-state index in [1.807, 2.05) is 6.07 Å². The van der Waals surface area contributed by atoms with E-state index in [4.69, 9.17) is 0 Å². The van der Waals surface area contributed by atoms with Crippen LogP contribution in [0, 0.1) is 20.8 Å². The van der Waals surface area contributed by atoms with Crippen LogP contribution in [0.3, 0.4) is 0 Å². The lowest BCUT2D eigenvalue weighted by Gasteiger charge is -2.11. The van der Waals surface area contributed by atoms with Crippen molar-refractivity contribution in [2.45, 2.75) is 40.5 Å². The smallest absolute Gasteiger partial charge is 0.130 e. The van der Waals surface area contributed by atoms with Crippen molar-refractivity contribution < 1.29 is 0 Å². The van der Waals surface area contributed by atoms with E-state index in [9.17, 15) is 0 Å². The van der Waals surface area contributed by atoms with Crippen LogP contribution in [0.25, 0.3) is 11.3 Å². The Morgan fingerprint density at radius 3 is 2.32 bits per heavy atom. The van der Waals surface area contributed by atoms with Gasteiger partial charge in [-0.3, -0.25) is 0 Å². The average molecular weight is 319 g/mol. The van der Waals surface area contributed by atoms with Crippen LogP contribution in [0.4, 0.5) is 0 Å². The van der Waals surface area contributed by atoms with Gasteiger partial charge in [0.1, 0.15) is 10.4 Å². The van der Waals surface area contributed by atoms with Gasteiger partial charge in [-0.15, -0.1) is 0 Å². The van der Waals surface area contributed by atoms with Crippen LogP contribution in [-0.2, 0) is 6.42 Å². The highest BCUT2D eigenvalue weighted by Gasteiger charge is 2.09. The topological polar surface area (TPSA) is 25.8 Å². The number of benzene rings is 1. The molecule has 19 heavy (non-hydrogen) atoms. The summed E-state index contributed by atoms with van der Waals surface area (Å²) in [6.45, 7) is 8.56. The van der Waals surface area contributed by atoms with E-state index in [0.717, 1.165) is 29.0 Å². The summed E-state index contributed by atoms with van der Waals surface area (Å²) in [6, 6.07) is 6.44. The zero-order valence-corrected chi connectivity index (χ0v) is 13.5. The van der Waals surface area contributed by atoms with Gasteiger partial charge in [0.25, 0.3) is 0 Å². The Balaban J connectivity index is 2.55. The Bertz CT molecular complexity index is 606. The average Bonchev–Trinajstić information content (AvgIpc) is 2.33. The molecule has 0 amide bonds. The van der Waals surface area contributed by atoms with Gasteiger partial charge in [0, 0.05) is 12.0 Å². The lowest BCUT2D eigenvalue weighted by Crippen LogP contribution is -1.99. The molecule has 2 rings (SSSR count). The fraction of sp³-hybridized carbons (Fsp3) is 0.375. The van der Waals surface area contributed by atoms with E-state index in [2.05, 4.69) is 65.7 Å². The molecule has 0 spiro atoms. The first kappa shape index (κ1) is 14.2. The molecule has 100 valence electrons. The maximum atomic E-state index is 4.68. The largest absolute Gasteiger partial charge is 0.233 e. The molecule has 1 aromatic carbocycles. The minimum atomic E-state index is 0.860. The Hall–Kier alpha value is -1.22. The number of halogens is 1. The van der Waals surface area contributed by atoms with Crippen LogP contribution < -0.4 is 0 Å². The van der Waals surface area contributed by atoms with Crippen molar-refractivity contribution in [3.63, 3.8) is 0 Å². The van der Waals surface area contributed by atoms with Crippen LogP contribution in [0.1, 0.15) is 35.9 Å². The molecule has 0 aliphatic heterocycles. The molecule has 2 nitrogen and oxygen atoms in total. The molecule has 0 aliphatic rings. The van der Waals surface area contributed by atoms with Crippen LogP contribution in [0.5, 0.6) is 0 Å². The highest BCUT2D eigenvalue weighted by molar-refractivity contribution is 9.10. The zero-order valence-electron chi connectivity index (χ0n) is 11.9. The summed E-state index contributed by atoms with van der Waals surface area (Å²) >= 11 is 3.49. The summed E-state index contributed by atoms with van der Waals surface area (Å²) in [4.78, 5) is 9.11. The second-order valence-corrected chi connectivity index (χ2v) is 5.81. The Morgan fingerprint density at radius 2 is 1.63 bits per heavy atom. The van der Waals surface area contributed by atoms with E-state index < -0.39 is 0 Å². The molecule has 1 aromatic heterocycles. The van der Waals surface area contributed by atoms with Crippen molar-refractivity contribution >= 4 is 15.9 Å². The molecule has 1 heterocycles. The SMILES string of the molecule is CCCc1nc(Br)cc(-c2cc(C)c(C)cc2C)n1. The predicted molar refractivity (Wildman–Crippen MR) is 83.4 cm³/mol. The summed E-state index contributed by atoms with van der Waals surface area (Å²) in [6.07, 6.45) is 1.97. The molecule has 0 N–H and O–H groups in total. The van der Waals surface area contributed by atoms with Crippen LogP contribution in [0.15, 0.2) is 22.8 Å². The van der Waals surface area contributed by atoms with Crippen molar-refractivity contribution in [2.24, 2.45) is 0 Å². The molecule has 0 saturated heterocycles. The van der Waals surface area contributed by atoms with Crippen molar-refractivity contribution in [1.82, 2.24) is 9.97 Å². The third kappa shape index (κ3) is 3.21. The summed E-state index contributed by atoms with van der Waals surface area (Å²) in [5.41, 5.74) is 6.08. The normalized spacial score (nSPS) is 10.8. The molecule has 0 unspecified atom stereocenters. The molecular weight excluding hydrogens is 300 g/mol. The second-order valence-electron chi connectivity index (χ2n) is 4.99. The molecule has 0 saturated carbocycles. The van der Waals surface area contributed by atoms with E-state index in [-0.39, 0.29) is 0 Å². The maximum Gasteiger partial charge on any atom is 0.130 e. The molecule has 0 fully saturated rings. The van der Waals surface area contributed by atoms with Gasteiger partial charge >= 0.3 is 0 Å². The monoisotopic (exact) mass is 318 g/mol. The van der Waals surface area contributed by atoms with Crippen LogP contribution in [-0.4, -0.2) is 9.97 Å². The van der Waals surface area contributed by atoms with Crippen molar-refractivity contribution in [1.29, 1.82) is 0 Å². The van der Waals surface area contributed by atoms with Gasteiger partial charge in [-0.2, -0.15) is 0 Å². The number of aryl methyl sites for hydroxylation is 4. The summed E-state index contributed by atoms with van der Waals surface area (Å²) in [7, 11) is 0. The van der Waals surface area contributed by atoms with Gasteiger partial charge in [-0.25, -0.2) is 9.97 Å². The molecular formula is C16H19BrN2. The van der Waals surface area contributed by atoms with Gasteiger partial charge in [0.15, 0.2) is 0 Å². The van der Waals surface area contributed by atoms with Crippen molar-refractivity contribution in [3.05, 3.63) is 45.3 Å². The van der Waals surface area contributed by atoms with Gasteiger partial charge in [0.2, 0.25) is 0 Å². The fourth-order valence-electron chi connectivity index (χ4n) is 2.17. The van der Waals surface area contributed by atoms with Crippen LogP contribution >= 0.6 is 15.9 Å². The lowest BCUT2D eigenvalue weighted by atomic mass is 9.98. The summed E-state index contributed by atoms with van der Waals surface area (Å²) < 4.78 is 0.860. The second kappa shape index (κ2) is 5.83. The third-order valence-corrected chi connectivity index (χ3v) is 3.74. The standard InChI is InChI=1S/C16H19BrN2/c1-5-6-16-18-14(9-15(17)19-16)13-8-11(3)10(2)7-12(13)4/h7-9H,5-6H2,1-4H3. The minimum Gasteiger partial charge on any atom is -0.233 e. The molecule has 0 radical (unpaired) electrons. The molecule has 0 aliphatic carbocycles. The van der Waals surface area contributed by atoms with Crippen molar-refractivity contribution in [3.8, 4) is 11.3 Å². The predicted octanol–water partition coefficient (Wildman–Crippen LogP) is 4.78. The van der Waals surface area contributed by atoms with E-state index >= 15 is 0 Å². The highest BCUT2D eigenvalue weighted by atomic mass is 79.9. The quantitative estimate of drug-likeness (QED) is 0.761. The molecule has 0 bridgehead atoms. The molecule has 2 aromatic rings. The number of nitrogens with zero attached hydrogens (tertiary/aromatic N) is 2. The summed E-state index contributed by atoms with van der Waals surface area (Å²) in [5.74, 6) is 0.907. The van der Waals surface area contributed by atoms with E-state index in [0.29, 0.717) is 0 Å². The fourth-order valence-corrected chi connectivity index (χ4v) is 2.60. The Morgan fingerprint density at radius 1 is 0.947 bits per heavy atom. The van der Waals surface area contributed by atoms with Crippen LogP contribution in [0.2, 0.25) is 0 Å². The Labute approximate surface area is 123 Å². The first-order chi connectivity index (χ1) is 9.01. The maximum absolute atomic E-state index is 4.68. The first-order valence-corrected chi connectivity index (χ1v) is 7.42. The first-order valence-electron chi connectivity index (χ1n) is 6.63. The zero-order chi connectivity index (χ0) is 14.0. The summed E-state index contributed by atoms with van der Waals surface area (Å²) in [5, 5.41) is 0. The van der Waals surface area contributed by atoms with Gasteiger partial charge in [0.05, 0.1) is 5.69 Å². The number of hydrogen-bond donors (Lipinski definition) is 0. The van der Waals surface area contributed by atoms with Gasteiger partial charge in [-0.05, 0) is 71.9 Å². The number of hydrogen-bond acceptors (Lipinski definition) is 2. The Kier molecular flexibility index (Phi) is 4.35. The lowest BCUT2D eigenvalue weighted by molar-refractivity contribution is 0.831. The molecule has 3 heteroatoms. The molecule has 0 atom stereocenters. The number of aromatic nitrogens is 2. The number of rotatable bonds is 3.